The zero-order valence-corrected chi connectivity index (χ0v) is 10.7. The highest BCUT2D eigenvalue weighted by atomic mass is 16.3. The van der Waals surface area contributed by atoms with Crippen molar-refractivity contribution in [2.45, 2.75) is 32.3 Å². The molecule has 0 aromatic heterocycles. The minimum atomic E-state index is -0.346. The van der Waals surface area contributed by atoms with Crippen LogP contribution in [0.1, 0.15) is 37.9 Å². The topological polar surface area (TPSA) is 23.5 Å². The summed E-state index contributed by atoms with van der Waals surface area (Å²) in [6, 6.07) is 9.98. The van der Waals surface area contributed by atoms with Crippen molar-refractivity contribution < 1.29 is 5.11 Å². The van der Waals surface area contributed by atoms with Gasteiger partial charge in [-0.3, -0.25) is 0 Å². The summed E-state index contributed by atoms with van der Waals surface area (Å²) in [5.41, 5.74) is 1.03. The van der Waals surface area contributed by atoms with E-state index in [4.69, 9.17) is 0 Å². The SMILES string of the molecule is CCCN(CC1CC1)C[C@H](O)c1ccccc1. The number of hydrogen-bond donors (Lipinski definition) is 1. The first-order valence-corrected chi connectivity index (χ1v) is 6.75. The summed E-state index contributed by atoms with van der Waals surface area (Å²) in [7, 11) is 0. The van der Waals surface area contributed by atoms with Gasteiger partial charge in [0.15, 0.2) is 0 Å². The molecular formula is C15H23NO. The van der Waals surface area contributed by atoms with Gasteiger partial charge in [0, 0.05) is 13.1 Å². The third kappa shape index (κ3) is 4.14. The molecule has 0 bridgehead atoms. The Labute approximate surface area is 104 Å². The predicted octanol–water partition coefficient (Wildman–Crippen LogP) is 2.84. The molecule has 0 saturated heterocycles. The second kappa shape index (κ2) is 6.18. The molecule has 0 unspecified atom stereocenters. The third-order valence-corrected chi connectivity index (χ3v) is 3.37. The summed E-state index contributed by atoms with van der Waals surface area (Å²) >= 11 is 0. The van der Waals surface area contributed by atoms with Crippen LogP contribution < -0.4 is 0 Å². The summed E-state index contributed by atoms with van der Waals surface area (Å²) in [6.07, 6.45) is 3.57. The maximum atomic E-state index is 10.2. The van der Waals surface area contributed by atoms with E-state index in [2.05, 4.69) is 11.8 Å². The molecule has 1 aliphatic carbocycles. The number of rotatable bonds is 7. The number of nitrogens with zero attached hydrogens (tertiary/aromatic N) is 1. The molecule has 17 heavy (non-hydrogen) atoms. The van der Waals surface area contributed by atoms with E-state index in [0.717, 1.165) is 37.5 Å². The largest absolute Gasteiger partial charge is 0.387 e. The Morgan fingerprint density at radius 1 is 1.29 bits per heavy atom. The third-order valence-electron chi connectivity index (χ3n) is 3.37. The molecule has 0 radical (unpaired) electrons. The van der Waals surface area contributed by atoms with Crippen molar-refractivity contribution in [2.24, 2.45) is 5.92 Å². The second-order valence-electron chi connectivity index (χ2n) is 5.13. The average molecular weight is 233 g/mol. The molecule has 1 fully saturated rings. The smallest absolute Gasteiger partial charge is 0.0916 e. The van der Waals surface area contributed by atoms with Gasteiger partial charge < -0.3 is 10.0 Å². The van der Waals surface area contributed by atoms with Crippen molar-refractivity contribution in [2.75, 3.05) is 19.6 Å². The highest BCUT2D eigenvalue weighted by Gasteiger charge is 2.25. The van der Waals surface area contributed by atoms with Crippen LogP contribution in [0.25, 0.3) is 0 Å². The van der Waals surface area contributed by atoms with Crippen LogP contribution in [0.4, 0.5) is 0 Å². The van der Waals surface area contributed by atoms with Gasteiger partial charge in [-0.15, -0.1) is 0 Å². The lowest BCUT2D eigenvalue weighted by Crippen LogP contribution is -2.31. The van der Waals surface area contributed by atoms with Gasteiger partial charge in [-0.2, -0.15) is 0 Å². The molecule has 2 rings (SSSR count). The number of benzene rings is 1. The molecule has 1 aromatic carbocycles. The van der Waals surface area contributed by atoms with Crippen LogP contribution in [0.5, 0.6) is 0 Å². The van der Waals surface area contributed by atoms with Crippen molar-refractivity contribution in [3.05, 3.63) is 35.9 Å². The molecule has 0 amide bonds. The van der Waals surface area contributed by atoms with Gasteiger partial charge in [0.25, 0.3) is 0 Å². The van der Waals surface area contributed by atoms with Gasteiger partial charge in [0.2, 0.25) is 0 Å². The molecular weight excluding hydrogens is 210 g/mol. The van der Waals surface area contributed by atoms with E-state index >= 15 is 0 Å². The zero-order chi connectivity index (χ0) is 12.1. The molecule has 1 atom stereocenters. The Morgan fingerprint density at radius 3 is 2.59 bits per heavy atom. The van der Waals surface area contributed by atoms with Gasteiger partial charge in [0.1, 0.15) is 0 Å². The van der Waals surface area contributed by atoms with Gasteiger partial charge in [0.05, 0.1) is 6.10 Å². The highest BCUT2D eigenvalue weighted by Crippen LogP contribution is 2.30. The number of aliphatic hydroxyl groups is 1. The molecule has 0 spiro atoms. The normalized spacial score (nSPS) is 17.4. The zero-order valence-electron chi connectivity index (χ0n) is 10.7. The maximum absolute atomic E-state index is 10.2. The lowest BCUT2D eigenvalue weighted by molar-refractivity contribution is 0.110. The number of aliphatic hydroxyl groups excluding tert-OH is 1. The van der Waals surface area contributed by atoms with Crippen molar-refractivity contribution in [3.8, 4) is 0 Å². The van der Waals surface area contributed by atoms with Crippen LogP contribution in [0.2, 0.25) is 0 Å². The fourth-order valence-corrected chi connectivity index (χ4v) is 2.26. The molecule has 1 aromatic rings. The van der Waals surface area contributed by atoms with Crippen LogP contribution in [0, 0.1) is 5.92 Å². The lowest BCUT2D eigenvalue weighted by atomic mass is 10.1. The van der Waals surface area contributed by atoms with Gasteiger partial charge >= 0.3 is 0 Å². The molecule has 94 valence electrons. The molecule has 2 nitrogen and oxygen atoms in total. The summed E-state index contributed by atoms with van der Waals surface area (Å²) in [5, 5.41) is 10.2. The molecule has 2 heteroatoms. The first kappa shape index (κ1) is 12.6. The molecule has 1 N–H and O–H groups in total. The lowest BCUT2D eigenvalue weighted by Gasteiger charge is -2.24. The molecule has 0 heterocycles. The van der Waals surface area contributed by atoms with Crippen LogP contribution >= 0.6 is 0 Å². The summed E-state index contributed by atoms with van der Waals surface area (Å²) < 4.78 is 0. The van der Waals surface area contributed by atoms with E-state index in [-0.39, 0.29) is 6.10 Å². The standard InChI is InChI=1S/C15H23NO/c1-2-10-16(11-13-8-9-13)12-15(17)14-6-4-3-5-7-14/h3-7,13,15,17H,2,8-12H2,1H3/t15-/m0/s1. The Balaban J connectivity index is 1.87. The first-order valence-electron chi connectivity index (χ1n) is 6.75. The van der Waals surface area contributed by atoms with E-state index < -0.39 is 0 Å². The van der Waals surface area contributed by atoms with Crippen molar-refractivity contribution >= 4 is 0 Å². The maximum Gasteiger partial charge on any atom is 0.0916 e. The summed E-state index contributed by atoms with van der Waals surface area (Å²) in [6.45, 7) is 5.24. The van der Waals surface area contributed by atoms with Gasteiger partial charge in [-0.1, -0.05) is 37.3 Å². The van der Waals surface area contributed by atoms with E-state index in [1.807, 2.05) is 30.3 Å². The Hall–Kier alpha value is -0.860. The average Bonchev–Trinajstić information content (AvgIpc) is 3.14. The Morgan fingerprint density at radius 2 is 2.00 bits per heavy atom. The van der Waals surface area contributed by atoms with E-state index in [1.54, 1.807) is 0 Å². The first-order chi connectivity index (χ1) is 8.29. The summed E-state index contributed by atoms with van der Waals surface area (Å²) in [4.78, 5) is 2.41. The monoisotopic (exact) mass is 233 g/mol. The molecule has 1 saturated carbocycles. The van der Waals surface area contributed by atoms with Gasteiger partial charge in [-0.05, 0) is 37.3 Å². The van der Waals surface area contributed by atoms with Crippen LogP contribution in [0.3, 0.4) is 0 Å². The quantitative estimate of drug-likeness (QED) is 0.783. The van der Waals surface area contributed by atoms with E-state index in [0.29, 0.717) is 0 Å². The molecule has 1 aliphatic rings. The summed E-state index contributed by atoms with van der Waals surface area (Å²) in [5.74, 6) is 0.893. The van der Waals surface area contributed by atoms with Crippen LogP contribution in [0.15, 0.2) is 30.3 Å². The van der Waals surface area contributed by atoms with E-state index in [9.17, 15) is 5.11 Å². The van der Waals surface area contributed by atoms with Crippen LogP contribution in [-0.2, 0) is 0 Å². The fraction of sp³-hybridized carbons (Fsp3) is 0.600. The minimum Gasteiger partial charge on any atom is -0.387 e. The highest BCUT2D eigenvalue weighted by molar-refractivity contribution is 5.17. The van der Waals surface area contributed by atoms with Crippen LogP contribution in [-0.4, -0.2) is 29.6 Å². The van der Waals surface area contributed by atoms with E-state index in [1.165, 1.54) is 12.8 Å². The minimum absolute atomic E-state index is 0.346. The second-order valence-corrected chi connectivity index (χ2v) is 5.13. The number of hydrogen-bond acceptors (Lipinski definition) is 2. The van der Waals surface area contributed by atoms with Crippen molar-refractivity contribution in [3.63, 3.8) is 0 Å². The Kier molecular flexibility index (Phi) is 4.57. The van der Waals surface area contributed by atoms with Crippen molar-refractivity contribution in [1.29, 1.82) is 0 Å². The predicted molar refractivity (Wildman–Crippen MR) is 70.9 cm³/mol. The van der Waals surface area contributed by atoms with Crippen molar-refractivity contribution in [1.82, 2.24) is 4.90 Å². The van der Waals surface area contributed by atoms with Gasteiger partial charge in [-0.25, -0.2) is 0 Å². The molecule has 0 aliphatic heterocycles. The Bertz CT molecular complexity index is 321. The fourth-order valence-electron chi connectivity index (χ4n) is 2.26.